The molecular formula is C17H24O3. The van der Waals surface area contributed by atoms with Crippen LogP contribution in [0.2, 0.25) is 0 Å². The smallest absolute Gasteiger partial charge is 0.347 e. The minimum atomic E-state index is -0.459. The van der Waals surface area contributed by atoms with E-state index in [1.54, 1.807) is 0 Å². The van der Waals surface area contributed by atoms with Crippen molar-refractivity contribution in [1.29, 1.82) is 0 Å². The van der Waals surface area contributed by atoms with E-state index in [1.807, 2.05) is 13.0 Å². The van der Waals surface area contributed by atoms with E-state index in [0.29, 0.717) is 5.92 Å². The first-order valence-electron chi connectivity index (χ1n) is 7.18. The topological polar surface area (TPSA) is 35.5 Å². The van der Waals surface area contributed by atoms with Crippen molar-refractivity contribution in [3.8, 4) is 5.75 Å². The quantitative estimate of drug-likeness (QED) is 0.788. The summed E-state index contributed by atoms with van der Waals surface area (Å²) in [5.74, 6) is 0.816. The summed E-state index contributed by atoms with van der Waals surface area (Å²) >= 11 is 0. The molecule has 0 N–H and O–H groups in total. The summed E-state index contributed by atoms with van der Waals surface area (Å²) in [4.78, 5) is 11.8. The summed E-state index contributed by atoms with van der Waals surface area (Å²) in [6.45, 7) is 8.57. The predicted octanol–water partition coefficient (Wildman–Crippen LogP) is 3.62. The molecule has 20 heavy (non-hydrogen) atoms. The number of benzene rings is 1. The summed E-state index contributed by atoms with van der Waals surface area (Å²) in [6.07, 6.45) is 1.62. The number of carbonyl (C=O) groups excluding carboxylic acids is 1. The van der Waals surface area contributed by atoms with E-state index in [-0.39, 0.29) is 11.4 Å². The van der Waals surface area contributed by atoms with E-state index in [9.17, 15) is 4.79 Å². The molecule has 1 saturated carbocycles. The molecule has 110 valence electrons. The standard InChI is InChI=1S/C17H24O3/c1-11-10-13(17(2,3)4)8-9-14(11)20-15(12-6-7-12)16(18)19-5/h8-10,12,15H,6-7H2,1-5H3. The molecule has 3 heteroatoms. The molecule has 1 fully saturated rings. The van der Waals surface area contributed by atoms with Crippen molar-refractivity contribution >= 4 is 5.97 Å². The normalized spacial score (nSPS) is 16.6. The minimum Gasteiger partial charge on any atom is -0.478 e. The van der Waals surface area contributed by atoms with Crippen LogP contribution in [0.15, 0.2) is 18.2 Å². The largest absolute Gasteiger partial charge is 0.478 e. The molecule has 1 aromatic rings. The van der Waals surface area contributed by atoms with Gasteiger partial charge in [-0.25, -0.2) is 4.79 Å². The van der Waals surface area contributed by atoms with Crippen LogP contribution in [0.25, 0.3) is 0 Å². The summed E-state index contributed by atoms with van der Waals surface area (Å²) in [5.41, 5.74) is 2.44. The molecule has 1 aliphatic carbocycles. The Labute approximate surface area is 121 Å². The molecule has 3 nitrogen and oxygen atoms in total. The summed E-state index contributed by atoms with van der Waals surface area (Å²) in [6, 6.07) is 6.17. The summed E-state index contributed by atoms with van der Waals surface area (Å²) in [7, 11) is 1.41. The number of carbonyl (C=O) groups is 1. The average molecular weight is 276 g/mol. The van der Waals surface area contributed by atoms with Crippen LogP contribution in [0.3, 0.4) is 0 Å². The van der Waals surface area contributed by atoms with Crippen LogP contribution in [0, 0.1) is 12.8 Å². The number of hydrogen-bond acceptors (Lipinski definition) is 3. The predicted molar refractivity (Wildman–Crippen MR) is 79.0 cm³/mol. The minimum absolute atomic E-state index is 0.113. The van der Waals surface area contributed by atoms with Crippen molar-refractivity contribution in [2.75, 3.05) is 7.11 Å². The van der Waals surface area contributed by atoms with Gasteiger partial charge in [0.15, 0.2) is 6.10 Å². The Morgan fingerprint density at radius 2 is 1.95 bits per heavy atom. The fraction of sp³-hybridized carbons (Fsp3) is 0.588. The van der Waals surface area contributed by atoms with Crippen molar-refractivity contribution in [2.24, 2.45) is 5.92 Å². The van der Waals surface area contributed by atoms with Crippen LogP contribution < -0.4 is 4.74 Å². The second-order valence-electron chi connectivity index (χ2n) is 6.63. The Kier molecular flexibility index (Phi) is 4.07. The van der Waals surface area contributed by atoms with Crippen molar-refractivity contribution in [2.45, 2.75) is 52.1 Å². The molecule has 1 aromatic carbocycles. The van der Waals surface area contributed by atoms with Crippen molar-refractivity contribution in [3.63, 3.8) is 0 Å². The Bertz CT molecular complexity index is 495. The third kappa shape index (κ3) is 3.33. The molecule has 1 unspecified atom stereocenters. The van der Waals surface area contributed by atoms with Crippen LogP contribution >= 0.6 is 0 Å². The molecule has 0 aromatic heterocycles. The molecule has 1 aliphatic rings. The lowest BCUT2D eigenvalue weighted by Gasteiger charge is -2.22. The zero-order valence-electron chi connectivity index (χ0n) is 13.0. The van der Waals surface area contributed by atoms with Gasteiger partial charge in [-0.3, -0.25) is 0 Å². The fourth-order valence-electron chi connectivity index (χ4n) is 2.24. The fourth-order valence-corrected chi connectivity index (χ4v) is 2.24. The van der Waals surface area contributed by atoms with Crippen molar-refractivity contribution in [1.82, 2.24) is 0 Å². The molecule has 0 heterocycles. The zero-order chi connectivity index (χ0) is 14.9. The third-order valence-electron chi connectivity index (χ3n) is 3.78. The Morgan fingerprint density at radius 3 is 2.40 bits per heavy atom. The van der Waals surface area contributed by atoms with E-state index in [4.69, 9.17) is 9.47 Å². The summed E-state index contributed by atoms with van der Waals surface area (Å²) < 4.78 is 10.8. The number of aryl methyl sites for hydroxylation is 1. The van der Waals surface area contributed by atoms with Gasteiger partial charge >= 0.3 is 5.97 Å². The molecular weight excluding hydrogens is 252 g/mol. The van der Waals surface area contributed by atoms with Crippen LogP contribution in [0.5, 0.6) is 5.75 Å². The van der Waals surface area contributed by atoms with Gasteiger partial charge in [0.1, 0.15) is 5.75 Å². The summed E-state index contributed by atoms with van der Waals surface area (Å²) in [5, 5.41) is 0. The highest BCUT2D eigenvalue weighted by Gasteiger charge is 2.39. The maximum absolute atomic E-state index is 11.8. The first kappa shape index (κ1) is 14.9. The van der Waals surface area contributed by atoms with Gasteiger partial charge in [0, 0.05) is 5.92 Å². The molecule has 0 spiro atoms. The Morgan fingerprint density at radius 1 is 1.30 bits per heavy atom. The maximum atomic E-state index is 11.8. The highest BCUT2D eigenvalue weighted by molar-refractivity contribution is 5.76. The van der Waals surface area contributed by atoms with Gasteiger partial charge in [0.25, 0.3) is 0 Å². The molecule has 0 bridgehead atoms. The highest BCUT2D eigenvalue weighted by Crippen LogP contribution is 2.36. The second kappa shape index (κ2) is 5.47. The van der Waals surface area contributed by atoms with Gasteiger partial charge in [-0.15, -0.1) is 0 Å². The third-order valence-corrected chi connectivity index (χ3v) is 3.78. The lowest BCUT2D eigenvalue weighted by atomic mass is 9.86. The number of rotatable bonds is 4. The lowest BCUT2D eigenvalue weighted by Crippen LogP contribution is -2.31. The average Bonchev–Trinajstić information content (AvgIpc) is 3.19. The van der Waals surface area contributed by atoms with Gasteiger partial charge in [-0.05, 0) is 42.4 Å². The highest BCUT2D eigenvalue weighted by atomic mass is 16.6. The number of hydrogen-bond donors (Lipinski definition) is 0. The Hall–Kier alpha value is -1.51. The van der Waals surface area contributed by atoms with E-state index in [2.05, 4.69) is 32.9 Å². The molecule has 2 rings (SSSR count). The second-order valence-corrected chi connectivity index (χ2v) is 6.63. The Balaban J connectivity index is 2.18. The molecule has 0 amide bonds. The first-order chi connectivity index (χ1) is 9.32. The van der Waals surface area contributed by atoms with E-state index >= 15 is 0 Å². The number of esters is 1. The van der Waals surface area contributed by atoms with Gasteiger partial charge in [-0.1, -0.05) is 32.9 Å². The van der Waals surface area contributed by atoms with Gasteiger partial charge in [0.05, 0.1) is 7.11 Å². The maximum Gasteiger partial charge on any atom is 0.347 e. The molecule has 0 aliphatic heterocycles. The SMILES string of the molecule is COC(=O)C(Oc1ccc(C(C)(C)C)cc1C)C1CC1. The van der Waals surface area contributed by atoms with Crippen molar-refractivity contribution in [3.05, 3.63) is 29.3 Å². The lowest BCUT2D eigenvalue weighted by molar-refractivity contribution is -0.149. The monoisotopic (exact) mass is 276 g/mol. The number of methoxy groups -OCH3 is 1. The van der Waals surface area contributed by atoms with E-state index in [0.717, 1.165) is 24.2 Å². The molecule has 1 atom stereocenters. The van der Waals surface area contributed by atoms with Gasteiger partial charge < -0.3 is 9.47 Å². The van der Waals surface area contributed by atoms with Gasteiger partial charge in [-0.2, -0.15) is 0 Å². The number of ether oxygens (including phenoxy) is 2. The van der Waals surface area contributed by atoms with E-state index in [1.165, 1.54) is 12.7 Å². The van der Waals surface area contributed by atoms with Gasteiger partial charge in [0.2, 0.25) is 0 Å². The molecule has 0 radical (unpaired) electrons. The van der Waals surface area contributed by atoms with Crippen LogP contribution in [-0.2, 0) is 14.9 Å². The van der Waals surface area contributed by atoms with Crippen LogP contribution in [0.1, 0.15) is 44.7 Å². The zero-order valence-corrected chi connectivity index (χ0v) is 13.0. The molecule has 0 saturated heterocycles. The van der Waals surface area contributed by atoms with Crippen LogP contribution in [-0.4, -0.2) is 19.2 Å². The van der Waals surface area contributed by atoms with Crippen molar-refractivity contribution < 1.29 is 14.3 Å². The van der Waals surface area contributed by atoms with Crippen LogP contribution in [0.4, 0.5) is 0 Å². The van der Waals surface area contributed by atoms with E-state index < -0.39 is 6.10 Å². The first-order valence-corrected chi connectivity index (χ1v) is 7.18.